The van der Waals surface area contributed by atoms with Gasteiger partial charge < -0.3 is 14.7 Å². The van der Waals surface area contributed by atoms with Crippen molar-refractivity contribution >= 4 is 17.6 Å². The molecule has 0 aliphatic heterocycles. The number of benzene rings is 1. The lowest BCUT2D eigenvalue weighted by Crippen LogP contribution is -2.31. The van der Waals surface area contributed by atoms with E-state index >= 15 is 0 Å². The molecule has 0 aromatic heterocycles. The molecule has 1 aromatic carbocycles. The molecular weight excluding hydrogens is 272 g/mol. The van der Waals surface area contributed by atoms with Crippen LogP contribution in [0.1, 0.15) is 37.6 Å². The molecule has 1 aromatic rings. The molecule has 105 valence electrons. The van der Waals surface area contributed by atoms with E-state index < -0.39 is 17.7 Å². The average Bonchev–Trinajstić information content (AvgIpc) is 2.26. The Kier molecular flexibility index (Phi) is 5.17. The van der Waals surface area contributed by atoms with E-state index in [2.05, 4.69) is 4.89 Å². The molecular formula is C13H16ClO5. The Morgan fingerprint density at radius 2 is 2.11 bits per heavy atom. The molecule has 0 aliphatic carbocycles. The summed E-state index contributed by atoms with van der Waals surface area (Å²) in [5, 5.41) is 19.6. The van der Waals surface area contributed by atoms with E-state index in [1.807, 2.05) is 0 Å². The maximum absolute atomic E-state index is 12.0. The Bertz CT molecular complexity index is 456. The molecule has 1 atom stereocenters. The highest BCUT2D eigenvalue weighted by molar-refractivity contribution is 6.35. The summed E-state index contributed by atoms with van der Waals surface area (Å²) >= 11 is 5.86. The van der Waals surface area contributed by atoms with Gasteiger partial charge in [-0.2, -0.15) is 0 Å². The molecule has 0 amide bonds. The molecule has 1 rings (SSSR count). The van der Waals surface area contributed by atoms with Crippen LogP contribution in [-0.2, 0) is 9.99 Å². The lowest BCUT2D eigenvalue weighted by Gasteiger charge is -2.26. The minimum atomic E-state index is -0.844. The summed E-state index contributed by atoms with van der Waals surface area (Å²) in [7, 11) is 0. The zero-order valence-corrected chi connectivity index (χ0v) is 11.7. The number of rotatable bonds is 5. The summed E-state index contributed by atoms with van der Waals surface area (Å²) < 4.78 is 5.27. The summed E-state index contributed by atoms with van der Waals surface area (Å²) in [5.41, 5.74) is -0.795. The van der Waals surface area contributed by atoms with Gasteiger partial charge in [0.25, 0.3) is 0 Å². The first-order valence-electron chi connectivity index (χ1n) is 5.76. The summed E-state index contributed by atoms with van der Waals surface area (Å²) in [6.07, 6.45) is -0.316. The maximum Gasteiger partial charge on any atom is 0.340 e. The number of aliphatic hydroxyl groups excluding tert-OH is 1. The number of esters is 1. The van der Waals surface area contributed by atoms with Gasteiger partial charge in [0.2, 0.25) is 0 Å². The first-order valence-corrected chi connectivity index (χ1v) is 6.14. The molecule has 0 heterocycles. The second-order valence-electron chi connectivity index (χ2n) is 4.90. The summed E-state index contributed by atoms with van der Waals surface area (Å²) in [4.78, 5) is 15.8. The Morgan fingerprint density at radius 1 is 1.47 bits per heavy atom. The van der Waals surface area contributed by atoms with Crippen molar-refractivity contribution in [2.75, 3.05) is 0 Å². The third kappa shape index (κ3) is 4.38. The van der Waals surface area contributed by atoms with Crippen molar-refractivity contribution in [1.82, 2.24) is 0 Å². The van der Waals surface area contributed by atoms with Gasteiger partial charge in [0.1, 0.15) is 10.6 Å². The summed E-state index contributed by atoms with van der Waals surface area (Å²) in [6.45, 7) is 4.97. The van der Waals surface area contributed by atoms with E-state index in [1.54, 1.807) is 20.8 Å². The largest absolute Gasteiger partial charge is 0.456 e. The first kappa shape index (κ1) is 15.8. The van der Waals surface area contributed by atoms with Crippen LogP contribution in [0, 0.1) is 0 Å². The predicted molar refractivity (Wildman–Crippen MR) is 68.6 cm³/mol. The topological polar surface area (TPSA) is 75.7 Å². The van der Waals surface area contributed by atoms with Crippen molar-refractivity contribution in [1.29, 1.82) is 0 Å². The second-order valence-corrected chi connectivity index (χ2v) is 5.28. The van der Waals surface area contributed by atoms with Crippen LogP contribution in [0.5, 0.6) is 5.75 Å². The van der Waals surface area contributed by atoms with Gasteiger partial charge in [-0.15, -0.1) is 0 Å². The molecule has 6 heteroatoms. The highest BCUT2D eigenvalue weighted by atomic mass is 35.5. The average molecular weight is 288 g/mol. The first-order chi connectivity index (χ1) is 8.76. The highest BCUT2D eigenvalue weighted by Crippen LogP contribution is 2.29. The van der Waals surface area contributed by atoms with Crippen molar-refractivity contribution < 1.29 is 24.8 Å². The van der Waals surface area contributed by atoms with Crippen molar-refractivity contribution in [3.63, 3.8) is 0 Å². The number of hydrogen-bond donors (Lipinski definition) is 1. The Balaban J connectivity index is 2.90. The molecule has 5 nitrogen and oxygen atoms in total. The van der Waals surface area contributed by atoms with Gasteiger partial charge in [-0.1, -0.05) is 17.7 Å². The number of halogens is 1. The van der Waals surface area contributed by atoms with Crippen LogP contribution in [0.25, 0.3) is 0 Å². The van der Waals surface area contributed by atoms with Crippen LogP contribution < -0.4 is 4.89 Å². The SMILES string of the molecule is CC(O)CC(C)(C)OC(=O)c1cccc(O[O])c1Cl. The van der Waals surface area contributed by atoms with Crippen LogP contribution in [0.3, 0.4) is 0 Å². The molecule has 1 N–H and O–H groups in total. The molecule has 0 bridgehead atoms. The predicted octanol–water partition coefficient (Wildman–Crippen LogP) is 2.77. The fraction of sp³-hybridized carbons (Fsp3) is 0.462. The van der Waals surface area contributed by atoms with E-state index in [-0.39, 0.29) is 22.8 Å². The lowest BCUT2D eigenvalue weighted by molar-refractivity contribution is -0.208. The van der Waals surface area contributed by atoms with Gasteiger partial charge >= 0.3 is 5.97 Å². The van der Waals surface area contributed by atoms with Crippen molar-refractivity contribution in [3.05, 3.63) is 28.8 Å². The third-order valence-corrected chi connectivity index (χ3v) is 2.82. The Morgan fingerprint density at radius 3 is 2.63 bits per heavy atom. The smallest absolute Gasteiger partial charge is 0.340 e. The van der Waals surface area contributed by atoms with Crippen LogP contribution in [0.15, 0.2) is 18.2 Å². The molecule has 1 unspecified atom stereocenters. The van der Waals surface area contributed by atoms with Gasteiger partial charge in [-0.25, -0.2) is 4.79 Å². The molecule has 0 fully saturated rings. The van der Waals surface area contributed by atoms with E-state index in [9.17, 15) is 15.2 Å². The van der Waals surface area contributed by atoms with Gasteiger partial charge in [0.05, 0.1) is 11.7 Å². The van der Waals surface area contributed by atoms with Crippen molar-refractivity contribution in [3.8, 4) is 5.75 Å². The van der Waals surface area contributed by atoms with E-state index in [0.29, 0.717) is 0 Å². The summed E-state index contributed by atoms with van der Waals surface area (Å²) in [6, 6.07) is 4.26. The zero-order valence-electron chi connectivity index (χ0n) is 11.0. The molecule has 1 radical (unpaired) electrons. The monoisotopic (exact) mass is 287 g/mol. The van der Waals surface area contributed by atoms with Crippen LogP contribution >= 0.6 is 11.6 Å². The Hall–Kier alpha value is -1.30. The van der Waals surface area contributed by atoms with Gasteiger partial charge in [0, 0.05) is 11.7 Å². The van der Waals surface area contributed by atoms with E-state index in [1.165, 1.54) is 18.2 Å². The molecule has 0 saturated heterocycles. The Labute approximate surface area is 116 Å². The lowest BCUT2D eigenvalue weighted by atomic mass is 10.0. The maximum atomic E-state index is 12.0. The van der Waals surface area contributed by atoms with Crippen molar-refractivity contribution in [2.45, 2.75) is 38.9 Å². The number of ether oxygens (including phenoxy) is 1. The fourth-order valence-electron chi connectivity index (χ4n) is 1.79. The summed E-state index contributed by atoms with van der Waals surface area (Å²) in [5.74, 6) is -0.806. The molecule has 0 spiro atoms. The number of carbonyl (C=O) groups is 1. The number of aliphatic hydroxyl groups is 1. The zero-order chi connectivity index (χ0) is 14.6. The standard InChI is InChI=1S/C13H16ClO5/c1-8(15)7-13(2,3)18-12(16)9-5-4-6-10(19-17)11(9)14/h4-6,8,15H,7H2,1-3H3. The second kappa shape index (κ2) is 6.23. The van der Waals surface area contributed by atoms with E-state index in [0.717, 1.165) is 0 Å². The van der Waals surface area contributed by atoms with Gasteiger partial charge in [-0.05, 0) is 32.9 Å². The number of carbonyl (C=O) groups excluding carboxylic acids is 1. The van der Waals surface area contributed by atoms with Crippen LogP contribution in [0.4, 0.5) is 0 Å². The van der Waals surface area contributed by atoms with E-state index in [4.69, 9.17) is 16.3 Å². The quantitative estimate of drug-likeness (QED) is 0.513. The van der Waals surface area contributed by atoms with Crippen LogP contribution in [-0.4, -0.2) is 22.8 Å². The third-order valence-electron chi connectivity index (χ3n) is 2.43. The van der Waals surface area contributed by atoms with Crippen molar-refractivity contribution in [2.24, 2.45) is 0 Å². The van der Waals surface area contributed by atoms with Gasteiger partial charge in [0.15, 0.2) is 5.75 Å². The molecule has 0 aliphatic rings. The normalized spacial score (nSPS) is 12.9. The fourth-order valence-corrected chi connectivity index (χ4v) is 2.03. The number of hydrogen-bond acceptors (Lipinski definition) is 4. The minimum Gasteiger partial charge on any atom is -0.456 e. The van der Waals surface area contributed by atoms with Crippen LogP contribution in [0.2, 0.25) is 5.02 Å². The minimum absolute atomic E-state index is 0.0497. The highest BCUT2D eigenvalue weighted by Gasteiger charge is 2.27. The molecule has 19 heavy (non-hydrogen) atoms. The molecule has 0 saturated carbocycles. The van der Waals surface area contributed by atoms with Gasteiger partial charge in [-0.3, -0.25) is 0 Å².